The van der Waals surface area contributed by atoms with Gasteiger partial charge in [0.25, 0.3) is 0 Å². The molecule has 1 aromatic carbocycles. The van der Waals surface area contributed by atoms with Gasteiger partial charge >= 0.3 is 0 Å². The fraction of sp³-hybridized carbons (Fsp3) is 0. The molecule has 0 atom stereocenters. The molecule has 0 bridgehead atoms. The summed E-state index contributed by atoms with van der Waals surface area (Å²) in [6, 6.07) is 1.03. The maximum absolute atomic E-state index is 12.7. The van der Waals surface area contributed by atoms with Crippen LogP contribution in [-0.2, 0) is 10.0 Å². The van der Waals surface area contributed by atoms with Crippen molar-refractivity contribution < 1.29 is 17.2 Å². The van der Waals surface area contributed by atoms with Crippen molar-refractivity contribution in [2.75, 3.05) is 0 Å². The number of nitrogens with two attached hydrogens (primary N) is 1. The van der Waals surface area contributed by atoms with Gasteiger partial charge in [-0.2, -0.15) is 0 Å². The number of benzene rings is 1. The van der Waals surface area contributed by atoms with Crippen molar-refractivity contribution in [1.82, 2.24) is 0 Å². The van der Waals surface area contributed by atoms with Crippen molar-refractivity contribution in [1.29, 1.82) is 0 Å². The van der Waals surface area contributed by atoms with Gasteiger partial charge in [-0.1, -0.05) is 11.6 Å². The molecule has 0 radical (unpaired) electrons. The standard InChI is InChI=1S/C6H4ClF2NO2S/c7-6-4(9)1-3(8)2-5(6)13(10,11)12/h1-2H,(H2,10,11,12). The first-order chi connectivity index (χ1) is 5.82. The third-order valence-corrected chi connectivity index (χ3v) is 2.70. The fourth-order valence-electron chi connectivity index (χ4n) is 0.739. The third kappa shape index (κ3) is 2.15. The van der Waals surface area contributed by atoms with Gasteiger partial charge in [0.05, 0.1) is 5.02 Å². The highest BCUT2D eigenvalue weighted by Crippen LogP contribution is 2.24. The highest BCUT2D eigenvalue weighted by atomic mass is 35.5. The number of halogens is 3. The van der Waals surface area contributed by atoms with Gasteiger partial charge in [-0.25, -0.2) is 22.3 Å². The van der Waals surface area contributed by atoms with Gasteiger partial charge in [-0.3, -0.25) is 0 Å². The number of hydrogen-bond acceptors (Lipinski definition) is 2. The Kier molecular flexibility index (Phi) is 2.56. The SMILES string of the molecule is NS(=O)(=O)c1cc(F)cc(F)c1Cl. The summed E-state index contributed by atoms with van der Waals surface area (Å²) < 4.78 is 46.6. The number of rotatable bonds is 1. The number of hydrogen-bond donors (Lipinski definition) is 1. The molecule has 2 N–H and O–H groups in total. The van der Waals surface area contributed by atoms with Crippen molar-refractivity contribution >= 4 is 21.6 Å². The molecule has 0 fully saturated rings. The van der Waals surface area contributed by atoms with Crippen LogP contribution in [-0.4, -0.2) is 8.42 Å². The Bertz CT molecular complexity index is 446. The molecule has 1 rings (SSSR count). The summed E-state index contributed by atoms with van der Waals surface area (Å²) in [4.78, 5) is -0.758. The molecule has 72 valence electrons. The second-order valence-electron chi connectivity index (χ2n) is 2.24. The molecule has 0 aromatic heterocycles. The summed E-state index contributed by atoms with van der Waals surface area (Å²) >= 11 is 5.25. The van der Waals surface area contributed by atoms with E-state index in [1.807, 2.05) is 0 Å². The largest absolute Gasteiger partial charge is 0.239 e. The van der Waals surface area contributed by atoms with Gasteiger partial charge < -0.3 is 0 Å². The summed E-state index contributed by atoms with van der Waals surface area (Å²) in [6.07, 6.45) is 0. The van der Waals surface area contributed by atoms with Crippen molar-refractivity contribution in [3.05, 3.63) is 28.8 Å². The third-order valence-electron chi connectivity index (χ3n) is 1.27. The first-order valence-corrected chi connectivity index (χ1v) is 4.92. The first kappa shape index (κ1) is 10.4. The van der Waals surface area contributed by atoms with E-state index in [0.29, 0.717) is 12.1 Å². The van der Waals surface area contributed by atoms with Crippen LogP contribution < -0.4 is 5.14 Å². The van der Waals surface area contributed by atoms with Crippen LogP contribution in [0.15, 0.2) is 17.0 Å². The molecular formula is C6H4ClF2NO2S. The number of sulfonamides is 1. The Morgan fingerprint density at radius 1 is 1.31 bits per heavy atom. The van der Waals surface area contributed by atoms with E-state index in [9.17, 15) is 17.2 Å². The molecule has 7 heteroatoms. The molecule has 0 unspecified atom stereocenters. The van der Waals surface area contributed by atoms with Crippen molar-refractivity contribution in [3.63, 3.8) is 0 Å². The first-order valence-electron chi connectivity index (χ1n) is 2.99. The highest BCUT2D eigenvalue weighted by Gasteiger charge is 2.17. The van der Waals surface area contributed by atoms with Gasteiger partial charge in [0.15, 0.2) is 0 Å². The summed E-state index contributed by atoms with van der Waals surface area (Å²) in [5, 5.41) is 3.95. The molecule has 0 aliphatic rings. The van der Waals surface area contributed by atoms with E-state index < -0.39 is 31.6 Å². The van der Waals surface area contributed by atoms with Gasteiger partial charge in [-0.05, 0) is 6.07 Å². The van der Waals surface area contributed by atoms with Crippen LogP contribution in [0.2, 0.25) is 5.02 Å². The molecule has 1 aromatic rings. The van der Waals surface area contributed by atoms with E-state index in [-0.39, 0.29) is 0 Å². The van der Waals surface area contributed by atoms with Crippen LogP contribution in [0, 0.1) is 11.6 Å². The van der Waals surface area contributed by atoms with E-state index in [1.165, 1.54) is 0 Å². The lowest BCUT2D eigenvalue weighted by molar-refractivity contribution is 0.568. The molecule has 0 saturated carbocycles. The maximum atomic E-state index is 12.7. The lowest BCUT2D eigenvalue weighted by Crippen LogP contribution is -2.13. The molecular weight excluding hydrogens is 224 g/mol. The quantitative estimate of drug-likeness (QED) is 0.735. The van der Waals surface area contributed by atoms with Crippen LogP contribution >= 0.6 is 11.6 Å². The summed E-state index contributed by atoms with van der Waals surface area (Å²) in [5.41, 5.74) is 0. The van der Waals surface area contributed by atoms with Crippen LogP contribution in [0.25, 0.3) is 0 Å². The Morgan fingerprint density at radius 3 is 2.31 bits per heavy atom. The summed E-state index contributed by atoms with van der Waals surface area (Å²) in [5.74, 6) is -2.21. The Morgan fingerprint density at radius 2 is 1.85 bits per heavy atom. The minimum absolute atomic E-state index is 0.469. The molecule has 0 saturated heterocycles. The minimum Gasteiger partial charge on any atom is -0.225 e. The van der Waals surface area contributed by atoms with Gasteiger partial charge in [0.2, 0.25) is 10.0 Å². The highest BCUT2D eigenvalue weighted by molar-refractivity contribution is 7.89. The summed E-state index contributed by atoms with van der Waals surface area (Å²) in [7, 11) is -4.19. The van der Waals surface area contributed by atoms with Crippen LogP contribution in [0.1, 0.15) is 0 Å². The second kappa shape index (κ2) is 3.21. The predicted molar refractivity (Wildman–Crippen MR) is 42.7 cm³/mol. The molecule has 0 heterocycles. The molecule has 0 amide bonds. The second-order valence-corrected chi connectivity index (χ2v) is 4.15. The van der Waals surface area contributed by atoms with Gasteiger partial charge in [0, 0.05) is 6.07 Å². The maximum Gasteiger partial charge on any atom is 0.239 e. The zero-order chi connectivity index (χ0) is 10.2. The van der Waals surface area contributed by atoms with Crippen molar-refractivity contribution in [2.45, 2.75) is 4.90 Å². The Hall–Kier alpha value is -0.720. The molecule has 0 aliphatic carbocycles. The van der Waals surface area contributed by atoms with Crippen molar-refractivity contribution in [2.24, 2.45) is 5.14 Å². The van der Waals surface area contributed by atoms with E-state index in [1.54, 1.807) is 0 Å². The predicted octanol–water partition coefficient (Wildman–Crippen LogP) is 1.27. The lowest BCUT2D eigenvalue weighted by Gasteiger charge is -2.02. The van der Waals surface area contributed by atoms with E-state index in [4.69, 9.17) is 11.6 Å². The van der Waals surface area contributed by atoms with Crippen LogP contribution in [0.3, 0.4) is 0 Å². The number of primary sulfonamides is 1. The normalized spacial score (nSPS) is 11.7. The average Bonchev–Trinajstić information content (AvgIpc) is 1.94. The lowest BCUT2D eigenvalue weighted by atomic mass is 10.3. The van der Waals surface area contributed by atoms with E-state index in [0.717, 1.165) is 0 Å². The monoisotopic (exact) mass is 227 g/mol. The van der Waals surface area contributed by atoms with Gasteiger partial charge in [0.1, 0.15) is 16.5 Å². The Balaban J connectivity index is 3.56. The molecule has 13 heavy (non-hydrogen) atoms. The van der Waals surface area contributed by atoms with E-state index in [2.05, 4.69) is 5.14 Å². The van der Waals surface area contributed by atoms with Crippen LogP contribution in [0.5, 0.6) is 0 Å². The minimum atomic E-state index is -4.19. The average molecular weight is 228 g/mol. The zero-order valence-electron chi connectivity index (χ0n) is 6.09. The molecule has 3 nitrogen and oxygen atoms in total. The molecule has 0 spiro atoms. The summed E-state index contributed by atoms with van der Waals surface area (Å²) in [6.45, 7) is 0. The van der Waals surface area contributed by atoms with E-state index >= 15 is 0 Å². The molecule has 0 aliphatic heterocycles. The van der Waals surface area contributed by atoms with Crippen molar-refractivity contribution in [3.8, 4) is 0 Å². The zero-order valence-corrected chi connectivity index (χ0v) is 7.66. The fourth-order valence-corrected chi connectivity index (χ4v) is 1.80. The van der Waals surface area contributed by atoms with Gasteiger partial charge in [-0.15, -0.1) is 0 Å². The van der Waals surface area contributed by atoms with Crippen LogP contribution in [0.4, 0.5) is 8.78 Å². The smallest absolute Gasteiger partial charge is 0.225 e. The topological polar surface area (TPSA) is 60.2 Å². The Labute approximate surface area is 78.2 Å².